The van der Waals surface area contributed by atoms with Crippen LogP contribution in [-0.4, -0.2) is 45.5 Å². The van der Waals surface area contributed by atoms with Gasteiger partial charge in [-0.3, -0.25) is 4.79 Å². The molecular weight excluding hydrogens is 324 g/mol. The topological polar surface area (TPSA) is 84.7 Å². The summed E-state index contributed by atoms with van der Waals surface area (Å²) < 4.78 is 1.91. The van der Waals surface area contributed by atoms with Gasteiger partial charge in [-0.2, -0.15) is 0 Å². The minimum atomic E-state index is -0.154. The SMILES string of the molecule is CCc1nc(CCNC(=O)c2nnn(C3CCNCC3)c2C)cs1. The van der Waals surface area contributed by atoms with Gasteiger partial charge < -0.3 is 10.6 Å². The zero-order chi connectivity index (χ0) is 16.9. The van der Waals surface area contributed by atoms with E-state index < -0.39 is 0 Å². The van der Waals surface area contributed by atoms with E-state index in [1.807, 2.05) is 11.6 Å². The number of aryl methyl sites for hydroxylation is 1. The lowest BCUT2D eigenvalue weighted by Gasteiger charge is -2.23. The first-order valence-electron chi connectivity index (χ1n) is 8.53. The number of amides is 1. The van der Waals surface area contributed by atoms with Crippen molar-refractivity contribution < 1.29 is 4.79 Å². The lowest BCUT2D eigenvalue weighted by atomic mass is 10.1. The molecule has 3 rings (SSSR count). The van der Waals surface area contributed by atoms with Crippen LogP contribution in [-0.2, 0) is 12.8 Å². The number of hydrogen-bond donors (Lipinski definition) is 2. The molecule has 2 N–H and O–H groups in total. The van der Waals surface area contributed by atoms with Gasteiger partial charge in [0.2, 0.25) is 0 Å². The van der Waals surface area contributed by atoms with Gasteiger partial charge in [0, 0.05) is 18.3 Å². The number of aromatic nitrogens is 4. The molecule has 0 bridgehead atoms. The van der Waals surface area contributed by atoms with E-state index in [0.717, 1.165) is 55.2 Å². The maximum atomic E-state index is 12.4. The molecule has 1 fully saturated rings. The lowest BCUT2D eigenvalue weighted by molar-refractivity contribution is 0.0948. The summed E-state index contributed by atoms with van der Waals surface area (Å²) in [5.41, 5.74) is 2.31. The standard InChI is InChI=1S/C16H24N6OS/c1-3-14-19-12(10-24-14)4-9-18-16(23)15-11(2)22(21-20-15)13-5-7-17-8-6-13/h10,13,17H,3-9H2,1-2H3,(H,18,23). The van der Waals surface area contributed by atoms with Crippen LogP contribution in [0.1, 0.15) is 52.7 Å². The number of piperidine rings is 1. The van der Waals surface area contributed by atoms with Crippen LogP contribution in [0.2, 0.25) is 0 Å². The molecule has 0 saturated carbocycles. The molecule has 3 heterocycles. The fourth-order valence-electron chi connectivity index (χ4n) is 2.96. The van der Waals surface area contributed by atoms with Crippen molar-refractivity contribution in [3.8, 4) is 0 Å². The molecule has 7 nitrogen and oxygen atoms in total. The van der Waals surface area contributed by atoms with Crippen molar-refractivity contribution in [3.63, 3.8) is 0 Å². The molecule has 0 unspecified atom stereocenters. The van der Waals surface area contributed by atoms with Crippen LogP contribution in [0.15, 0.2) is 5.38 Å². The molecule has 1 amide bonds. The predicted octanol–water partition coefficient (Wildman–Crippen LogP) is 1.50. The van der Waals surface area contributed by atoms with Crippen molar-refractivity contribution in [1.82, 2.24) is 30.6 Å². The van der Waals surface area contributed by atoms with Crippen molar-refractivity contribution in [2.24, 2.45) is 0 Å². The molecule has 2 aromatic heterocycles. The van der Waals surface area contributed by atoms with E-state index in [4.69, 9.17) is 0 Å². The highest BCUT2D eigenvalue weighted by Gasteiger charge is 2.22. The van der Waals surface area contributed by atoms with Crippen molar-refractivity contribution in [2.45, 2.75) is 45.6 Å². The van der Waals surface area contributed by atoms with E-state index in [9.17, 15) is 4.79 Å². The van der Waals surface area contributed by atoms with Crippen LogP contribution < -0.4 is 10.6 Å². The average Bonchev–Trinajstić information content (AvgIpc) is 3.22. The summed E-state index contributed by atoms with van der Waals surface area (Å²) in [5.74, 6) is -0.154. The van der Waals surface area contributed by atoms with E-state index in [1.54, 1.807) is 11.3 Å². The van der Waals surface area contributed by atoms with Gasteiger partial charge in [0.15, 0.2) is 5.69 Å². The van der Waals surface area contributed by atoms with E-state index in [2.05, 4.69) is 38.2 Å². The molecule has 2 aromatic rings. The van der Waals surface area contributed by atoms with E-state index in [0.29, 0.717) is 18.3 Å². The zero-order valence-corrected chi connectivity index (χ0v) is 15.0. The minimum absolute atomic E-state index is 0.154. The lowest BCUT2D eigenvalue weighted by Crippen LogP contribution is -2.30. The Balaban J connectivity index is 1.55. The second kappa shape index (κ2) is 7.85. The first-order chi connectivity index (χ1) is 11.7. The zero-order valence-electron chi connectivity index (χ0n) is 14.2. The Morgan fingerprint density at radius 1 is 1.46 bits per heavy atom. The molecule has 0 atom stereocenters. The van der Waals surface area contributed by atoms with Crippen LogP contribution in [0.25, 0.3) is 0 Å². The maximum absolute atomic E-state index is 12.4. The summed E-state index contributed by atoms with van der Waals surface area (Å²) >= 11 is 1.67. The Kier molecular flexibility index (Phi) is 5.57. The molecule has 0 aromatic carbocycles. The summed E-state index contributed by atoms with van der Waals surface area (Å²) in [7, 11) is 0. The summed E-state index contributed by atoms with van der Waals surface area (Å²) in [6.45, 7) is 6.55. The molecule has 0 aliphatic carbocycles. The van der Waals surface area contributed by atoms with Crippen molar-refractivity contribution in [1.29, 1.82) is 0 Å². The third kappa shape index (κ3) is 3.81. The van der Waals surface area contributed by atoms with Crippen LogP contribution >= 0.6 is 11.3 Å². The second-order valence-electron chi connectivity index (χ2n) is 6.04. The molecule has 0 spiro atoms. The van der Waals surface area contributed by atoms with Gasteiger partial charge in [0.1, 0.15) is 0 Å². The molecule has 1 saturated heterocycles. The Morgan fingerprint density at radius 2 is 2.25 bits per heavy atom. The van der Waals surface area contributed by atoms with Gasteiger partial charge in [0.05, 0.1) is 22.4 Å². The Morgan fingerprint density at radius 3 is 2.96 bits per heavy atom. The number of hydrogen-bond acceptors (Lipinski definition) is 6. The van der Waals surface area contributed by atoms with Crippen LogP contribution in [0.3, 0.4) is 0 Å². The molecule has 1 aliphatic heterocycles. The van der Waals surface area contributed by atoms with E-state index in [1.165, 1.54) is 0 Å². The summed E-state index contributed by atoms with van der Waals surface area (Å²) in [6.07, 6.45) is 3.74. The van der Waals surface area contributed by atoms with Crippen molar-refractivity contribution in [3.05, 3.63) is 27.5 Å². The van der Waals surface area contributed by atoms with Crippen LogP contribution in [0.5, 0.6) is 0 Å². The van der Waals surface area contributed by atoms with Gasteiger partial charge in [-0.25, -0.2) is 9.67 Å². The Labute approximate surface area is 145 Å². The molecule has 0 radical (unpaired) electrons. The molecule has 130 valence electrons. The first-order valence-corrected chi connectivity index (χ1v) is 9.41. The summed E-state index contributed by atoms with van der Waals surface area (Å²) in [5, 5.41) is 17.8. The Hall–Kier alpha value is -1.80. The molecule has 8 heteroatoms. The van der Waals surface area contributed by atoms with Crippen LogP contribution in [0, 0.1) is 6.92 Å². The fraction of sp³-hybridized carbons (Fsp3) is 0.625. The van der Waals surface area contributed by atoms with Gasteiger partial charge >= 0.3 is 0 Å². The van der Waals surface area contributed by atoms with Crippen molar-refractivity contribution >= 4 is 17.2 Å². The van der Waals surface area contributed by atoms with Gasteiger partial charge in [0.25, 0.3) is 5.91 Å². The predicted molar refractivity (Wildman–Crippen MR) is 93.4 cm³/mol. The summed E-state index contributed by atoms with van der Waals surface area (Å²) in [6, 6.07) is 0.336. The molecule has 1 aliphatic rings. The van der Waals surface area contributed by atoms with Gasteiger partial charge in [-0.05, 0) is 39.3 Å². The molecule has 24 heavy (non-hydrogen) atoms. The number of rotatable bonds is 6. The molecular formula is C16H24N6OS. The van der Waals surface area contributed by atoms with Gasteiger partial charge in [-0.15, -0.1) is 16.4 Å². The number of carbonyl (C=O) groups is 1. The third-order valence-electron chi connectivity index (χ3n) is 4.37. The smallest absolute Gasteiger partial charge is 0.273 e. The summed E-state index contributed by atoms with van der Waals surface area (Å²) in [4.78, 5) is 16.9. The van der Waals surface area contributed by atoms with E-state index >= 15 is 0 Å². The number of nitrogens with zero attached hydrogens (tertiary/aromatic N) is 4. The quantitative estimate of drug-likeness (QED) is 0.826. The highest BCUT2D eigenvalue weighted by molar-refractivity contribution is 7.09. The third-order valence-corrected chi connectivity index (χ3v) is 5.41. The van der Waals surface area contributed by atoms with E-state index in [-0.39, 0.29) is 5.91 Å². The second-order valence-corrected chi connectivity index (χ2v) is 6.98. The largest absolute Gasteiger partial charge is 0.350 e. The monoisotopic (exact) mass is 348 g/mol. The average molecular weight is 348 g/mol. The van der Waals surface area contributed by atoms with Crippen LogP contribution in [0.4, 0.5) is 0 Å². The number of nitrogens with one attached hydrogen (secondary N) is 2. The Bertz CT molecular complexity index is 689. The highest BCUT2D eigenvalue weighted by Crippen LogP contribution is 2.20. The highest BCUT2D eigenvalue weighted by atomic mass is 32.1. The number of carbonyl (C=O) groups excluding carboxylic acids is 1. The van der Waals surface area contributed by atoms with Crippen molar-refractivity contribution in [2.75, 3.05) is 19.6 Å². The van der Waals surface area contributed by atoms with Gasteiger partial charge in [-0.1, -0.05) is 12.1 Å². The fourth-order valence-corrected chi connectivity index (χ4v) is 3.74. The normalized spacial score (nSPS) is 15.6. The number of thiazole rings is 1. The first kappa shape index (κ1) is 17.0. The minimum Gasteiger partial charge on any atom is -0.350 e. The maximum Gasteiger partial charge on any atom is 0.273 e.